The Bertz CT molecular complexity index is 884. The number of carbonyl (C=O) groups is 3. The van der Waals surface area contributed by atoms with Gasteiger partial charge in [0, 0.05) is 37.8 Å². The van der Waals surface area contributed by atoms with Crippen LogP contribution >= 0.6 is 0 Å². The monoisotopic (exact) mass is 474 g/mol. The first kappa shape index (κ1) is 26.0. The van der Waals surface area contributed by atoms with Gasteiger partial charge in [-0.1, -0.05) is 6.07 Å². The molecule has 2 heterocycles. The van der Waals surface area contributed by atoms with Crippen LogP contribution in [0.5, 0.6) is 5.75 Å². The molecule has 0 saturated carbocycles. The van der Waals surface area contributed by atoms with Crippen LogP contribution in [-0.2, 0) is 9.53 Å². The molecule has 3 atom stereocenters. The fraction of sp³-hybridized carbons (Fsp3) is 0.640. The Kier molecular flexibility index (Phi) is 8.54. The minimum Gasteiger partial charge on any atom is -0.492 e. The van der Waals surface area contributed by atoms with Crippen LogP contribution in [0.4, 0.5) is 4.79 Å². The van der Waals surface area contributed by atoms with Gasteiger partial charge in [0.1, 0.15) is 18.0 Å². The van der Waals surface area contributed by atoms with Gasteiger partial charge in [-0.15, -0.1) is 0 Å². The third-order valence-corrected chi connectivity index (χ3v) is 6.15. The Morgan fingerprint density at radius 1 is 1.24 bits per heavy atom. The van der Waals surface area contributed by atoms with Crippen LogP contribution in [0.1, 0.15) is 56.8 Å². The first-order chi connectivity index (χ1) is 16.0. The Labute approximate surface area is 201 Å². The molecule has 2 aliphatic rings. The van der Waals surface area contributed by atoms with Crippen molar-refractivity contribution in [3.8, 4) is 5.75 Å². The number of ketones is 1. The maximum atomic E-state index is 12.8. The number of alkyl carbamates (subject to hydrolysis) is 1. The van der Waals surface area contributed by atoms with Crippen molar-refractivity contribution in [2.24, 2.45) is 5.73 Å². The smallest absolute Gasteiger partial charge is 0.407 e. The zero-order chi connectivity index (χ0) is 24.9. The minimum atomic E-state index is -0.589. The van der Waals surface area contributed by atoms with Gasteiger partial charge in [-0.05, 0) is 64.7 Å². The van der Waals surface area contributed by atoms with Gasteiger partial charge in [-0.2, -0.15) is 0 Å². The predicted molar refractivity (Wildman–Crippen MR) is 129 cm³/mol. The molecule has 1 aromatic carbocycles. The van der Waals surface area contributed by atoms with E-state index < -0.39 is 17.7 Å². The normalized spacial score (nSPS) is 25.4. The number of Topliss-reactive ketones (excluding diaryl/α,β-unsaturated/α-hetero) is 1. The molecule has 2 amide bonds. The van der Waals surface area contributed by atoms with Crippen LogP contribution in [0.15, 0.2) is 24.3 Å². The molecule has 1 aromatic rings. The van der Waals surface area contributed by atoms with Crippen LogP contribution in [0, 0.1) is 0 Å². The molecule has 0 aromatic heterocycles. The Morgan fingerprint density at radius 2 is 2.00 bits per heavy atom. The van der Waals surface area contributed by atoms with E-state index in [-0.39, 0.29) is 30.3 Å². The minimum absolute atomic E-state index is 0.0264. The van der Waals surface area contributed by atoms with Crippen molar-refractivity contribution in [3.63, 3.8) is 0 Å². The molecule has 188 valence electrons. The summed E-state index contributed by atoms with van der Waals surface area (Å²) in [6.07, 6.45) is 2.25. The zero-order valence-corrected chi connectivity index (χ0v) is 20.7. The van der Waals surface area contributed by atoms with Gasteiger partial charge in [0.2, 0.25) is 0 Å². The Hall–Kier alpha value is -2.65. The average molecular weight is 475 g/mol. The fourth-order valence-corrected chi connectivity index (χ4v) is 4.35. The van der Waals surface area contributed by atoms with Crippen molar-refractivity contribution in [2.45, 2.75) is 70.2 Å². The number of ether oxygens (including phenoxy) is 2. The highest BCUT2D eigenvalue weighted by Gasteiger charge is 2.36. The summed E-state index contributed by atoms with van der Waals surface area (Å²) in [7, 11) is 1.78. The quantitative estimate of drug-likeness (QED) is 0.641. The zero-order valence-electron chi connectivity index (χ0n) is 20.7. The highest BCUT2D eigenvalue weighted by Crippen LogP contribution is 2.22. The van der Waals surface area contributed by atoms with Gasteiger partial charge in [-0.3, -0.25) is 14.5 Å². The number of nitrogens with one attached hydrogen (secondary N) is 1. The van der Waals surface area contributed by atoms with E-state index in [9.17, 15) is 14.4 Å². The lowest BCUT2D eigenvalue weighted by atomic mass is 10.1. The maximum Gasteiger partial charge on any atom is 0.407 e. The van der Waals surface area contributed by atoms with Gasteiger partial charge >= 0.3 is 6.09 Å². The molecule has 9 heteroatoms. The van der Waals surface area contributed by atoms with Crippen molar-refractivity contribution in [1.29, 1.82) is 0 Å². The summed E-state index contributed by atoms with van der Waals surface area (Å²) in [5.41, 5.74) is 6.17. The number of nitrogens with zero attached hydrogens (tertiary/aromatic N) is 2. The summed E-state index contributed by atoms with van der Waals surface area (Å²) < 4.78 is 11.4. The van der Waals surface area contributed by atoms with Gasteiger partial charge in [0.15, 0.2) is 5.78 Å². The number of hydrogen-bond donors (Lipinski definition) is 2. The average Bonchev–Trinajstić information content (AvgIpc) is 3.13. The number of amides is 2. The standard InChI is InChI=1S/C25H38N4O5/c1-25(2,3)34-24(32)27-18-13-19-16-33-20-9-7-8-17(12-20)23(31)28(4)11-6-5-10-21(26)22(30)15-29(19)14-18/h7-9,12,18-19,21H,5-6,10-11,13-16,26H2,1-4H3,(H,27,32)/t18-,19-,21-/m0/s1. The molecular weight excluding hydrogens is 436 g/mol. The van der Waals surface area contributed by atoms with Crippen LogP contribution in [0.25, 0.3) is 0 Å². The number of benzene rings is 1. The van der Waals surface area contributed by atoms with Gasteiger partial charge < -0.3 is 25.4 Å². The largest absolute Gasteiger partial charge is 0.492 e. The van der Waals surface area contributed by atoms with E-state index in [0.29, 0.717) is 43.9 Å². The lowest BCUT2D eigenvalue weighted by Crippen LogP contribution is -2.44. The number of nitrogens with two attached hydrogens (primary N) is 1. The third-order valence-electron chi connectivity index (χ3n) is 6.15. The lowest BCUT2D eigenvalue weighted by Gasteiger charge is -2.25. The molecule has 0 spiro atoms. The van der Waals surface area contributed by atoms with Gasteiger partial charge in [-0.25, -0.2) is 4.79 Å². The van der Waals surface area contributed by atoms with Crippen LogP contribution in [0.2, 0.25) is 0 Å². The maximum absolute atomic E-state index is 12.8. The molecule has 3 N–H and O–H groups in total. The molecule has 2 aliphatic heterocycles. The Balaban J connectivity index is 1.75. The van der Waals surface area contributed by atoms with Gasteiger partial charge in [0.25, 0.3) is 5.91 Å². The molecule has 0 aliphatic carbocycles. The SMILES string of the molecule is CN1CCCC[C@H](N)C(=O)CN2C[C@@H](NC(=O)OC(C)(C)C)C[C@H]2COc2cccc(c2)C1=O. The summed E-state index contributed by atoms with van der Waals surface area (Å²) >= 11 is 0. The molecule has 34 heavy (non-hydrogen) atoms. The second kappa shape index (κ2) is 11.2. The lowest BCUT2D eigenvalue weighted by molar-refractivity contribution is -0.121. The first-order valence-electron chi connectivity index (χ1n) is 12.0. The van der Waals surface area contributed by atoms with E-state index in [1.807, 2.05) is 31.7 Å². The van der Waals surface area contributed by atoms with Crippen molar-refractivity contribution in [3.05, 3.63) is 29.8 Å². The van der Waals surface area contributed by atoms with E-state index >= 15 is 0 Å². The summed E-state index contributed by atoms with van der Waals surface area (Å²) in [5.74, 6) is 0.501. The molecule has 2 bridgehead atoms. The first-order valence-corrected chi connectivity index (χ1v) is 12.0. The second-order valence-electron chi connectivity index (χ2n) is 10.3. The van der Waals surface area contributed by atoms with Crippen LogP contribution in [-0.4, -0.2) is 84.6 Å². The molecule has 0 radical (unpaired) electrons. The number of carbonyl (C=O) groups excluding carboxylic acids is 3. The number of fused-ring (bicyclic) bond motifs is 3. The van der Waals surface area contributed by atoms with Crippen LogP contribution in [0.3, 0.4) is 0 Å². The van der Waals surface area contributed by atoms with E-state index in [1.54, 1.807) is 30.1 Å². The highest BCUT2D eigenvalue weighted by atomic mass is 16.6. The Morgan fingerprint density at radius 3 is 2.74 bits per heavy atom. The molecule has 0 unspecified atom stereocenters. The molecular formula is C25H38N4O5. The summed E-state index contributed by atoms with van der Waals surface area (Å²) in [5, 5.41) is 2.92. The summed E-state index contributed by atoms with van der Waals surface area (Å²) in [4.78, 5) is 41.6. The third kappa shape index (κ3) is 7.43. The number of hydrogen-bond acceptors (Lipinski definition) is 7. The highest BCUT2D eigenvalue weighted by molar-refractivity contribution is 5.94. The molecule has 9 nitrogen and oxygen atoms in total. The molecule has 3 rings (SSSR count). The number of rotatable bonds is 1. The summed E-state index contributed by atoms with van der Waals surface area (Å²) in [6.45, 7) is 7.09. The van der Waals surface area contributed by atoms with Gasteiger partial charge in [0.05, 0.1) is 12.6 Å². The van der Waals surface area contributed by atoms with E-state index in [0.717, 1.165) is 12.8 Å². The van der Waals surface area contributed by atoms with Crippen molar-refractivity contribution in [1.82, 2.24) is 15.1 Å². The van der Waals surface area contributed by atoms with Crippen LogP contribution < -0.4 is 15.8 Å². The predicted octanol–water partition coefficient (Wildman–Crippen LogP) is 2.19. The van der Waals surface area contributed by atoms with E-state index in [2.05, 4.69) is 5.32 Å². The molecule has 1 fully saturated rings. The second-order valence-corrected chi connectivity index (χ2v) is 10.3. The van der Waals surface area contributed by atoms with E-state index in [4.69, 9.17) is 15.2 Å². The molecule has 1 saturated heterocycles. The van der Waals surface area contributed by atoms with E-state index in [1.165, 1.54) is 0 Å². The van der Waals surface area contributed by atoms with Crippen molar-refractivity contribution >= 4 is 17.8 Å². The topological polar surface area (TPSA) is 114 Å². The van der Waals surface area contributed by atoms with Crippen molar-refractivity contribution in [2.75, 3.05) is 33.3 Å². The van der Waals surface area contributed by atoms with Crippen molar-refractivity contribution < 1.29 is 23.9 Å². The summed E-state index contributed by atoms with van der Waals surface area (Å²) in [6, 6.07) is 6.34. The fourth-order valence-electron chi connectivity index (χ4n) is 4.35.